The lowest BCUT2D eigenvalue weighted by molar-refractivity contribution is 0.668. The van der Waals surface area contributed by atoms with Gasteiger partial charge in [-0.1, -0.05) is 406 Å². The molecule has 6 aromatic heterocycles. The monoisotopic (exact) mass is 1890 g/mol. The summed E-state index contributed by atoms with van der Waals surface area (Å²) in [6.45, 7) is 0. The smallest absolute Gasteiger partial charge is 0.167 e. The van der Waals surface area contributed by atoms with E-state index in [1.54, 1.807) is 0 Å². The molecule has 0 amide bonds. The fourth-order valence-electron chi connectivity index (χ4n) is 20.9. The van der Waals surface area contributed by atoms with Crippen LogP contribution in [0.2, 0.25) is 0 Å². The molecule has 0 saturated heterocycles. The molecular weight excluding hydrogens is 1800 g/mol. The molecule has 0 atom stereocenters. The molecule has 12 nitrogen and oxygen atoms in total. The highest BCUT2D eigenvalue weighted by molar-refractivity contribution is 6.29. The first-order chi connectivity index (χ1) is 77.0. The van der Waals surface area contributed by atoms with E-state index >= 15 is 0 Å². The lowest BCUT2D eigenvalue weighted by atomic mass is 9.92. The summed E-state index contributed by atoms with van der Waals surface area (Å²) in [6.07, 6.45) is 0. The molecule has 0 spiro atoms. The Labute approximate surface area is 856 Å². The van der Waals surface area contributed by atoms with Crippen molar-refractivity contribution >= 4 is 163 Å². The highest BCUT2D eigenvalue weighted by Crippen LogP contribution is 2.47. The van der Waals surface area contributed by atoms with Gasteiger partial charge in [0.05, 0.1) is 19.3 Å². The molecule has 0 unspecified atom stereocenters. The topological polar surface area (TPSA) is 155 Å². The van der Waals surface area contributed by atoms with Crippen LogP contribution >= 0.6 is 0 Å². The average Bonchev–Trinajstić information content (AvgIpc) is 1.24. The quantitative estimate of drug-likeness (QED) is 0.107. The first-order valence-electron chi connectivity index (χ1n) is 53.5. The van der Waals surface area contributed by atoms with E-state index in [1.807, 2.05) is 176 Å². The van der Waals surface area contributed by atoms with Crippen LogP contribution in [0.3, 0.4) is 0 Å². The second-order valence-electron chi connectivity index (χ2n) is 36.5. The van der Waals surface area contributed by atoms with Gasteiger partial charge in [-0.3, -0.25) is 0 Å². The van der Waals surface area contributed by atoms with E-state index in [0.717, 1.165) is 93.6 Å². The van der Waals surface area contributed by atoms with Gasteiger partial charge in [0.1, 0.15) is 33.5 Å². The Morgan fingerprint density at radius 3 is 0.653 bits per heavy atom. The minimum absolute atomic E-state index is 0.0126. The molecule has 0 saturated carbocycles. The van der Waals surface area contributed by atoms with Crippen molar-refractivity contribution in [3.05, 3.63) is 491 Å². The number of rotatable bonds is 12. The molecule has 0 aliphatic heterocycles. The maximum Gasteiger partial charge on any atom is 0.167 e. The maximum absolute atomic E-state index is 8.65. The van der Waals surface area contributed by atoms with Gasteiger partial charge in [0.2, 0.25) is 0 Å². The van der Waals surface area contributed by atoms with Crippen LogP contribution in [0.15, 0.2) is 504 Å². The van der Waals surface area contributed by atoms with Crippen molar-refractivity contribution < 1.29 is 27.0 Å². The number of hydrogen-bond donors (Lipinski definition) is 0. The van der Waals surface area contributed by atoms with Crippen LogP contribution < -0.4 is 0 Å². The van der Waals surface area contributed by atoms with Crippen molar-refractivity contribution in [3.8, 4) is 136 Å². The van der Waals surface area contributed by atoms with Crippen molar-refractivity contribution in [3.63, 3.8) is 0 Å². The molecule has 30 aromatic rings. The predicted molar refractivity (Wildman–Crippen MR) is 604 cm³/mol. The summed E-state index contributed by atoms with van der Waals surface area (Å²) in [5.74, 6) is 2.98. The van der Waals surface area contributed by atoms with Crippen LogP contribution in [0.4, 0.5) is 0 Å². The van der Waals surface area contributed by atoms with Gasteiger partial charge in [-0.2, -0.15) is 0 Å². The highest BCUT2D eigenvalue weighted by atomic mass is 16.3. The zero-order valence-electron chi connectivity index (χ0n) is 88.2. The van der Waals surface area contributed by atoms with Gasteiger partial charge >= 0.3 is 0 Å². The van der Waals surface area contributed by atoms with E-state index in [2.05, 4.69) is 270 Å². The minimum atomic E-state index is -0.483. The van der Waals surface area contributed by atoms with Crippen LogP contribution in [0.5, 0.6) is 0 Å². The van der Waals surface area contributed by atoms with Crippen LogP contribution in [0.25, 0.3) is 299 Å². The summed E-state index contributed by atoms with van der Waals surface area (Å²) < 4.78 is 103. The molecule has 24 aromatic carbocycles. The Kier molecular flexibility index (Phi) is 18.2. The zero-order valence-corrected chi connectivity index (χ0v) is 78.2. The number of aromatic nitrogens is 9. The molecule has 684 valence electrons. The highest BCUT2D eigenvalue weighted by Gasteiger charge is 2.24. The van der Waals surface area contributed by atoms with Gasteiger partial charge in [-0.15, -0.1) is 0 Å². The molecule has 0 fully saturated rings. The summed E-state index contributed by atoms with van der Waals surface area (Å²) in [5, 5.41) is 28.1. The summed E-state index contributed by atoms with van der Waals surface area (Å²) in [7, 11) is 0. The Morgan fingerprint density at radius 1 is 0.129 bits per heavy atom. The Balaban J connectivity index is 0.000000112. The standard InChI is InChI=1S/3C45H27N3O/c1-3-12-28(13-4-1)43-46-44(29-14-5-2-6-15-29)48-45(47-43)38-21-11-20-37-40-27-31(23-25-41(40)49-42(37)38)30-22-24-36-34-18-8-7-16-32(34)33-17-9-10-19-35(33)39(36)26-30;2*1-3-11-28(12-4-1)43-46-44(29-13-5-2-6-14-29)48-45(47-43)32-20-23-38-40-26-31(21-24-41(40)49-42(38)27-32)30-19-22-37-35-17-8-7-15-33(35)34-16-9-10-18-36(34)39(37)25-30/h3*1-27H/i1D,3D,4D,12D,13D;1D,3D,4D,11D,12D;. The van der Waals surface area contributed by atoms with Crippen LogP contribution in [0.1, 0.15) is 13.7 Å². The Morgan fingerprint density at radius 2 is 0.347 bits per heavy atom. The van der Waals surface area contributed by atoms with E-state index < -0.39 is 36.3 Å². The predicted octanol–water partition coefficient (Wildman–Crippen LogP) is 35.7. The van der Waals surface area contributed by atoms with Gasteiger partial charge in [-0.05, 0) is 215 Å². The number of nitrogens with zero attached hydrogens (tertiary/aromatic N) is 9. The Bertz CT molecular complexity index is 11000. The van der Waals surface area contributed by atoms with Crippen molar-refractivity contribution in [2.45, 2.75) is 0 Å². The molecule has 0 aliphatic carbocycles. The number of furan rings is 3. The zero-order chi connectivity index (χ0) is 106. The van der Waals surface area contributed by atoms with Crippen LogP contribution in [-0.2, 0) is 0 Å². The molecule has 0 aliphatic rings. The van der Waals surface area contributed by atoms with E-state index in [1.165, 1.54) is 103 Å². The number of fused-ring (bicyclic) bond motifs is 27. The number of hydrogen-bond acceptors (Lipinski definition) is 12. The van der Waals surface area contributed by atoms with Crippen LogP contribution in [0, 0.1) is 0 Å². The van der Waals surface area contributed by atoms with Crippen LogP contribution in [-0.4, -0.2) is 44.9 Å². The first kappa shape index (κ1) is 75.0. The van der Waals surface area contributed by atoms with E-state index in [-0.39, 0.29) is 58.6 Å². The largest absolute Gasteiger partial charge is 0.456 e. The third kappa shape index (κ3) is 15.3. The molecule has 30 rings (SSSR count). The fourth-order valence-corrected chi connectivity index (χ4v) is 20.9. The summed E-state index contributed by atoms with van der Waals surface area (Å²) in [6, 6.07) is 143. The van der Waals surface area contributed by atoms with Crippen molar-refractivity contribution in [2.24, 2.45) is 0 Å². The molecule has 0 bridgehead atoms. The molecule has 147 heavy (non-hydrogen) atoms. The van der Waals surface area contributed by atoms with Gasteiger partial charge in [0.25, 0.3) is 0 Å². The van der Waals surface area contributed by atoms with E-state index in [9.17, 15) is 0 Å². The van der Waals surface area contributed by atoms with E-state index in [4.69, 9.17) is 56.9 Å². The molecule has 0 radical (unpaired) electrons. The maximum atomic E-state index is 8.65. The van der Waals surface area contributed by atoms with Gasteiger partial charge in [0, 0.05) is 76.8 Å². The van der Waals surface area contributed by atoms with E-state index in [0.29, 0.717) is 68.1 Å². The minimum Gasteiger partial charge on any atom is -0.456 e. The average molecular weight is 1890 g/mol. The van der Waals surface area contributed by atoms with Crippen molar-refractivity contribution in [1.29, 1.82) is 0 Å². The second kappa shape index (κ2) is 35.7. The number of benzene rings is 24. The SMILES string of the molecule is [2H]c1c([2H])c([2H])c(-c2nc(-c3ccccc3)nc(-c3ccc4c(c3)oc3ccc(-c5ccc6c7ccccc7c7ccccc7c6c5)cc34)n2)c([2H])c1[2H].[2H]c1c([2H])c([2H])c(-c2nc(-c3ccccc3)nc(-c3cccc4c3oc3ccc(-c5ccc6c7ccccc7c7ccccc7c6c5)cc34)n2)c([2H])c1[2H].c1ccc(-c2nc(-c3ccccc3)nc(-c3ccc4c(c3)oc3ccc(-c5ccc6c7ccccc7c7ccccc7c6c5)cc34)n2)cc1. The molecule has 6 heterocycles. The molecular formula is C135H81N9O3. The third-order valence-electron chi connectivity index (χ3n) is 27.9. The second-order valence-corrected chi connectivity index (χ2v) is 36.5. The molecule has 12 heteroatoms. The molecule has 0 N–H and O–H groups in total. The first-order valence-corrected chi connectivity index (χ1v) is 48.5. The summed E-state index contributed by atoms with van der Waals surface area (Å²) >= 11 is 0. The summed E-state index contributed by atoms with van der Waals surface area (Å²) in [4.78, 5) is 43.0. The van der Waals surface area contributed by atoms with Gasteiger partial charge < -0.3 is 13.3 Å². The van der Waals surface area contributed by atoms with Crippen molar-refractivity contribution in [1.82, 2.24) is 44.9 Å². The normalized spacial score (nSPS) is 12.6. The van der Waals surface area contributed by atoms with Gasteiger partial charge in [0.15, 0.2) is 52.4 Å². The number of para-hydroxylation sites is 1. The summed E-state index contributed by atoms with van der Waals surface area (Å²) in [5.41, 5.74) is 16.1. The lowest BCUT2D eigenvalue weighted by Gasteiger charge is -2.12. The lowest BCUT2D eigenvalue weighted by Crippen LogP contribution is -2.00. The van der Waals surface area contributed by atoms with Crippen molar-refractivity contribution in [2.75, 3.05) is 0 Å². The van der Waals surface area contributed by atoms with Gasteiger partial charge in [-0.25, -0.2) is 44.9 Å². The fraction of sp³-hybridized carbons (Fsp3) is 0. The third-order valence-corrected chi connectivity index (χ3v) is 27.9. The Hall–Kier alpha value is -20.0.